The standard InChI is InChI=1S/C77H66N2/c1-6-9-14-27-57(4)75-55-73(79(70-47-38-62(39-48-70)59(25-7-2)26-8-3)71-49-42-64(43-50-71)61-30-17-11-18-31-61)56-76(66-34-21-13-22-35-66)77(75)67-36-23-24-37-68(51-44-67)78(69-45-40-63(41-46-69)60-28-15-10-16-29-60)72-52-53-74(58(5)54-72)65-32-19-12-20-33-65/h2,6,8-22,25-56,58,74H,1,23-24H2,3-5H3/b14-9-,26-8-,51-44?,57-27+,59-25+,67-36?,68-37-/t58-,74?/m1/s1. The van der Waals surface area contributed by atoms with Crippen LogP contribution in [-0.2, 0) is 0 Å². The van der Waals surface area contributed by atoms with E-state index < -0.39 is 0 Å². The van der Waals surface area contributed by atoms with E-state index >= 15 is 0 Å². The van der Waals surface area contributed by atoms with Crippen LogP contribution >= 0.6 is 0 Å². The van der Waals surface area contributed by atoms with Gasteiger partial charge >= 0.3 is 0 Å². The third kappa shape index (κ3) is 12.3. The maximum atomic E-state index is 5.82. The van der Waals surface area contributed by atoms with E-state index in [0.29, 0.717) is 0 Å². The fourth-order valence-corrected chi connectivity index (χ4v) is 10.8. The number of nitrogens with zero attached hydrogens (tertiary/aromatic N) is 2. The average molecular weight is 1020 g/mol. The van der Waals surface area contributed by atoms with Crippen molar-refractivity contribution in [3.05, 3.63) is 332 Å². The molecular weight excluding hydrogens is 953 g/mol. The second kappa shape index (κ2) is 25.4. The Balaban J connectivity index is 1.13. The van der Waals surface area contributed by atoms with Crippen LogP contribution < -0.4 is 9.80 Å². The molecule has 2 aliphatic rings. The summed E-state index contributed by atoms with van der Waals surface area (Å²) in [4.78, 5) is 4.83. The Kier molecular flexibility index (Phi) is 17.0. The maximum Gasteiger partial charge on any atom is 0.0474 e. The summed E-state index contributed by atoms with van der Waals surface area (Å²) in [5.41, 5.74) is 21.5. The van der Waals surface area contributed by atoms with Gasteiger partial charge in [0.1, 0.15) is 0 Å². The monoisotopic (exact) mass is 1020 g/mol. The van der Waals surface area contributed by atoms with E-state index in [1.807, 2.05) is 31.2 Å². The van der Waals surface area contributed by atoms with Crippen LogP contribution in [0.25, 0.3) is 50.1 Å². The molecule has 0 amide bonds. The van der Waals surface area contributed by atoms with E-state index in [0.717, 1.165) is 91.5 Å². The molecule has 0 radical (unpaired) electrons. The predicted octanol–water partition coefficient (Wildman–Crippen LogP) is 20.9. The first kappa shape index (κ1) is 52.7. The first-order valence-corrected chi connectivity index (χ1v) is 27.4. The van der Waals surface area contributed by atoms with Gasteiger partial charge in [-0.1, -0.05) is 244 Å². The van der Waals surface area contributed by atoms with Crippen molar-refractivity contribution in [2.45, 2.75) is 39.5 Å². The van der Waals surface area contributed by atoms with Gasteiger partial charge in [0.25, 0.3) is 0 Å². The average Bonchev–Trinajstić information content (AvgIpc) is 3.52. The Hall–Kier alpha value is -9.68. The molecule has 0 saturated carbocycles. The summed E-state index contributed by atoms with van der Waals surface area (Å²) in [7, 11) is 0. The highest BCUT2D eigenvalue weighted by molar-refractivity contribution is 5.96. The van der Waals surface area contributed by atoms with Gasteiger partial charge in [0.15, 0.2) is 0 Å². The Morgan fingerprint density at radius 3 is 1.68 bits per heavy atom. The van der Waals surface area contributed by atoms with Gasteiger partial charge < -0.3 is 9.80 Å². The molecule has 79 heavy (non-hydrogen) atoms. The number of hydrogen-bond acceptors (Lipinski definition) is 2. The minimum Gasteiger partial charge on any atom is -0.311 e. The fourth-order valence-electron chi connectivity index (χ4n) is 10.8. The highest BCUT2D eigenvalue weighted by Gasteiger charge is 2.25. The zero-order valence-electron chi connectivity index (χ0n) is 45.5. The smallest absolute Gasteiger partial charge is 0.0474 e. The maximum absolute atomic E-state index is 5.82. The summed E-state index contributed by atoms with van der Waals surface area (Å²) in [6.07, 6.45) is 38.3. The number of anilines is 4. The molecule has 10 rings (SSSR count). The molecule has 2 heteroatoms. The van der Waals surface area contributed by atoms with Crippen molar-refractivity contribution in [1.29, 1.82) is 0 Å². The lowest BCUT2D eigenvalue weighted by molar-refractivity contribution is 0.628. The Labute approximate surface area is 469 Å². The largest absolute Gasteiger partial charge is 0.311 e. The number of allylic oxidation sites excluding steroid dienone is 17. The Bertz CT molecular complexity index is 3720. The molecule has 0 saturated heterocycles. The normalized spacial score (nSPS) is 16.3. The van der Waals surface area contributed by atoms with Crippen molar-refractivity contribution < 1.29 is 0 Å². The SMILES string of the molecule is C#C/C=C(\C=C/C)c1ccc(N(c2ccc(-c3ccccc3)cc2)c2cc(/C(C)=C/C=C\C=C)c(C3=CCC/C=C(\N(C4=C[C@@H](C)C(c5ccccc5)C=C4)c4ccc(-c5ccccc5)cc4)C=C3)c(-c3ccccc3)c2)cc1. The zero-order valence-corrected chi connectivity index (χ0v) is 45.5. The van der Waals surface area contributed by atoms with Crippen molar-refractivity contribution in [1.82, 2.24) is 0 Å². The lowest BCUT2D eigenvalue weighted by atomic mass is 9.83. The third-order valence-electron chi connectivity index (χ3n) is 14.8. The van der Waals surface area contributed by atoms with E-state index in [-0.39, 0.29) is 11.8 Å². The Morgan fingerprint density at radius 1 is 0.570 bits per heavy atom. The van der Waals surface area contributed by atoms with Crippen molar-refractivity contribution in [3.8, 4) is 45.7 Å². The topological polar surface area (TPSA) is 6.48 Å². The summed E-state index contributed by atoms with van der Waals surface area (Å²) in [5, 5.41) is 0. The van der Waals surface area contributed by atoms with E-state index in [4.69, 9.17) is 6.42 Å². The summed E-state index contributed by atoms with van der Waals surface area (Å²) in [6, 6.07) is 74.4. The number of hydrogen-bond donors (Lipinski definition) is 0. The van der Waals surface area contributed by atoms with Gasteiger partial charge in [0, 0.05) is 40.1 Å². The van der Waals surface area contributed by atoms with Crippen molar-refractivity contribution in [3.63, 3.8) is 0 Å². The molecule has 2 atom stereocenters. The Morgan fingerprint density at radius 2 is 1.11 bits per heavy atom. The molecule has 0 bridgehead atoms. The molecule has 8 aromatic rings. The van der Waals surface area contributed by atoms with E-state index in [9.17, 15) is 0 Å². The van der Waals surface area contributed by atoms with Gasteiger partial charge in [0.05, 0.1) is 0 Å². The van der Waals surface area contributed by atoms with Gasteiger partial charge in [-0.25, -0.2) is 0 Å². The van der Waals surface area contributed by atoms with Crippen LogP contribution in [0, 0.1) is 18.3 Å². The van der Waals surface area contributed by atoms with Crippen LogP contribution in [0.2, 0.25) is 0 Å². The van der Waals surface area contributed by atoms with Gasteiger partial charge in [-0.15, -0.1) is 6.42 Å². The van der Waals surface area contributed by atoms with Crippen molar-refractivity contribution in [2.75, 3.05) is 9.80 Å². The molecule has 2 nitrogen and oxygen atoms in total. The first-order chi connectivity index (χ1) is 38.9. The van der Waals surface area contributed by atoms with Crippen molar-refractivity contribution >= 4 is 39.5 Å². The lowest BCUT2D eigenvalue weighted by Crippen LogP contribution is -2.23. The van der Waals surface area contributed by atoms with E-state index in [1.54, 1.807) is 0 Å². The summed E-state index contributed by atoms with van der Waals surface area (Å²) >= 11 is 0. The zero-order chi connectivity index (χ0) is 54.3. The van der Waals surface area contributed by atoms with Crippen molar-refractivity contribution in [2.24, 2.45) is 5.92 Å². The molecule has 1 unspecified atom stereocenters. The second-order valence-corrected chi connectivity index (χ2v) is 20.0. The van der Waals surface area contributed by atoms with Crippen LogP contribution in [0.15, 0.2) is 309 Å². The lowest BCUT2D eigenvalue weighted by Gasteiger charge is -2.32. The van der Waals surface area contributed by atoms with Crippen LogP contribution in [-0.4, -0.2) is 0 Å². The summed E-state index contributed by atoms with van der Waals surface area (Å²) < 4.78 is 0. The molecule has 0 N–H and O–H groups in total. The summed E-state index contributed by atoms with van der Waals surface area (Å²) in [6.45, 7) is 10.6. The molecule has 0 spiro atoms. The quantitative estimate of drug-likeness (QED) is 0.0703. The first-order valence-electron chi connectivity index (χ1n) is 27.4. The van der Waals surface area contributed by atoms with E-state index in [2.05, 4.69) is 303 Å². The molecule has 384 valence electrons. The molecule has 0 heterocycles. The molecule has 2 aliphatic carbocycles. The predicted molar refractivity (Wildman–Crippen MR) is 341 cm³/mol. The highest BCUT2D eigenvalue weighted by atomic mass is 15.2. The van der Waals surface area contributed by atoms with Gasteiger partial charge in [0.2, 0.25) is 0 Å². The molecular formula is C77H66N2. The number of terminal acetylenes is 1. The fraction of sp³-hybridized carbons (Fsp3) is 0.0909. The minimum absolute atomic E-state index is 0.279. The molecule has 0 fully saturated rings. The van der Waals surface area contributed by atoms with Gasteiger partial charge in [-0.3, -0.25) is 0 Å². The minimum atomic E-state index is 0.279. The second-order valence-electron chi connectivity index (χ2n) is 20.0. The molecule has 8 aromatic carbocycles. The third-order valence-corrected chi connectivity index (χ3v) is 14.8. The van der Waals surface area contributed by atoms with Crippen LogP contribution in [0.4, 0.5) is 22.7 Å². The van der Waals surface area contributed by atoms with Gasteiger partial charge in [-0.2, -0.15) is 0 Å². The number of benzene rings is 8. The number of rotatable bonds is 16. The highest BCUT2D eigenvalue weighted by Crippen LogP contribution is 2.45. The molecule has 0 aromatic heterocycles. The van der Waals surface area contributed by atoms with Crippen LogP contribution in [0.3, 0.4) is 0 Å². The van der Waals surface area contributed by atoms with Crippen LogP contribution in [0.5, 0.6) is 0 Å². The molecule has 0 aliphatic heterocycles. The van der Waals surface area contributed by atoms with Crippen LogP contribution in [0.1, 0.15) is 61.8 Å². The van der Waals surface area contributed by atoms with Gasteiger partial charge in [-0.05, 0) is 172 Å². The van der Waals surface area contributed by atoms with E-state index in [1.165, 1.54) is 27.8 Å². The summed E-state index contributed by atoms with van der Waals surface area (Å²) in [5.74, 6) is 3.31.